The van der Waals surface area contributed by atoms with Crippen molar-refractivity contribution in [2.45, 2.75) is 30.7 Å². The number of halogens is 2. The monoisotopic (exact) mass is 562 g/mol. The molecule has 0 amide bonds. The van der Waals surface area contributed by atoms with Crippen molar-refractivity contribution in [3.8, 4) is 0 Å². The molecule has 0 bridgehead atoms. The Morgan fingerprint density at radius 3 is 2.71 bits per heavy atom. The predicted octanol–water partition coefficient (Wildman–Crippen LogP) is 1.86. The van der Waals surface area contributed by atoms with Gasteiger partial charge in [-0.15, -0.1) is 24.0 Å². The standard InChI is InChI=1S/C20H27FN6O2S.HI/c1-2-23-20(25-12-9-15-5-7-17(8-6-15)30(22,28)29)26-16-10-13-27(14-16)19-18(21)4-3-11-24-19;/h3-8,11,16H,2,9-10,12-14H2,1H3,(H2,22,28,29)(H2,23,25,26);1H. The first kappa shape index (κ1) is 25.3. The Morgan fingerprint density at radius 1 is 1.32 bits per heavy atom. The van der Waals surface area contributed by atoms with Crippen LogP contribution in [0, 0.1) is 5.82 Å². The molecule has 0 spiro atoms. The van der Waals surface area contributed by atoms with E-state index in [0.29, 0.717) is 31.3 Å². The highest BCUT2D eigenvalue weighted by Gasteiger charge is 2.25. The van der Waals surface area contributed by atoms with Gasteiger partial charge in [0.1, 0.15) is 0 Å². The molecule has 1 aliphatic heterocycles. The maximum Gasteiger partial charge on any atom is 0.238 e. The van der Waals surface area contributed by atoms with E-state index in [4.69, 9.17) is 5.14 Å². The van der Waals surface area contributed by atoms with Gasteiger partial charge in [0.05, 0.1) is 4.90 Å². The second kappa shape index (κ2) is 11.6. The van der Waals surface area contributed by atoms with E-state index in [9.17, 15) is 12.8 Å². The average Bonchev–Trinajstić information content (AvgIpc) is 3.16. The predicted molar refractivity (Wildman–Crippen MR) is 131 cm³/mol. The summed E-state index contributed by atoms with van der Waals surface area (Å²) in [5.41, 5.74) is 0.972. The van der Waals surface area contributed by atoms with E-state index < -0.39 is 10.0 Å². The fourth-order valence-electron chi connectivity index (χ4n) is 3.34. The van der Waals surface area contributed by atoms with Gasteiger partial charge in [-0.05, 0) is 49.6 Å². The van der Waals surface area contributed by atoms with Gasteiger partial charge in [-0.2, -0.15) is 0 Å². The number of benzene rings is 1. The summed E-state index contributed by atoms with van der Waals surface area (Å²) < 4.78 is 36.6. The molecule has 31 heavy (non-hydrogen) atoms. The van der Waals surface area contributed by atoms with E-state index in [1.165, 1.54) is 18.2 Å². The van der Waals surface area contributed by atoms with Crippen LogP contribution < -0.4 is 20.7 Å². The van der Waals surface area contributed by atoms with E-state index in [1.54, 1.807) is 24.4 Å². The minimum absolute atomic E-state index is 0. The van der Waals surface area contributed by atoms with Crippen molar-refractivity contribution in [1.29, 1.82) is 0 Å². The van der Waals surface area contributed by atoms with Crippen LogP contribution in [0.4, 0.5) is 10.2 Å². The van der Waals surface area contributed by atoms with E-state index in [0.717, 1.165) is 25.1 Å². The Labute approximate surface area is 199 Å². The number of anilines is 1. The highest BCUT2D eigenvalue weighted by atomic mass is 127. The Morgan fingerprint density at radius 2 is 2.06 bits per heavy atom. The van der Waals surface area contributed by atoms with E-state index in [1.807, 2.05) is 11.8 Å². The number of nitrogens with zero attached hydrogens (tertiary/aromatic N) is 3. The van der Waals surface area contributed by atoms with Gasteiger partial charge < -0.3 is 15.5 Å². The summed E-state index contributed by atoms with van der Waals surface area (Å²) in [6.45, 7) is 4.62. The molecular formula is C20H28FIN6O2S. The molecule has 0 radical (unpaired) electrons. The molecule has 1 saturated heterocycles. The lowest BCUT2D eigenvalue weighted by atomic mass is 10.1. The first-order chi connectivity index (χ1) is 14.4. The van der Waals surface area contributed by atoms with Crippen molar-refractivity contribution in [2.75, 3.05) is 31.1 Å². The molecule has 170 valence electrons. The number of pyridine rings is 1. The van der Waals surface area contributed by atoms with Crippen LogP contribution in [-0.2, 0) is 16.4 Å². The van der Waals surface area contributed by atoms with Gasteiger partial charge in [0.15, 0.2) is 17.6 Å². The van der Waals surface area contributed by atoms with Gasteiger partial charge in [0.25, 0.3) is 0 Å². The van der Waals surface area contributed by atoms with Gasteiger partial charge in [0.2, 0.25) is 10.0 Å². The van der Waals surface area contributed by atoms with Crippen LogP contribution in [0.3, 0.4) is 0 Å². The average molecular weight is 562 g/mol. The summed E-state index contributed by atoms with van der Waals surface area (Å²) in [5, 5.41) is 11.7. The molecule has 8 nitrogen and oxygen atoms in total. The van der Waals surface area contributed by atoms with E-state index in [-0.39, 0.29) is 40.7 Å². The number of nitrogens with one attached hydrogen (secondary N) is 2. The smallest absolute Gasteiger partial charge is 0.238 e. The van der Waals surface area contributed by atoms with Gasteiger partial charge in [-0.1, -0.05) is 12.1 Å². The van der Waals surface area contributed by atoms with Crippen LogP contribution in [0.15, 0.2) is 52.5 Å². The van der Waals surface area contributed by atoms with E-state index in [2.05, 4.69) is 20.6 Å². The lowest BCUT2D eigenvalue weighted by Crippen LogP contribution is -2.44. The quantitative estimate of drug-likeness (QED) is 0.270. The zero-order chi connectivity index (χ0) is 21.6. The van der Waals surface area contributed by atoms with Crippen LogP contribution in [0.1, 0.15) is 18.9 Å². The van der Waals surface area contributed by atoms with Crippen LogP contribution in [-0.4, -0.2) is 51.6 Å². The largest absolute Gasteiger partial charge is 0.357 e. The Hall–Kier alpha value is -1.99. The van der Waals surface area contributed by atoms with Crippen molar-refractivity contribution >= 4 is 45.8 Å². The summed E-state index contributed by atoms with van der Waals surface area (Å²) in [6, 6.07) is 9.63. The molecule has 1 aliphatic rings. The molecule has 1 fully saturated rings. The zero-order valence-corrected chi connectivity index (χ0v) is 20.4. The number of guanidine groups is 1. The number of aromatic nitrogens is 1. The van der Waals surface area contributed by atoms with Gasteiger partial charge >= 0.3 is 0 Å². The maximum absolute atomic E-state index is 14.0. The fourth-order valence-corrected chi connectivity index (χ4v) is 3.85. The van der Waals surface area contributed by atoms with Crippen molar-refractivity contribution in [3.05, 3.63) is 54.0 Å². The second-order valence-electron chi connectivity index (χ2n) is 7.08. The maximum atomic E-state index is 14.0. The minimum atomic E-state index is -3.68. The van der Waals surface area contributed by atoms with Crippen molar-refractivity contribution in [1.82, 2.24) is 15.6 Å². The SMILES string of the molecule is CCNC(=NCCc1ccc(S(N)(=O)=O)cc1)NC1CCN(c2ncccc2F)C1.I. The van der Waals surface area contributed by atoms with Crippen molar-refractivity contribution in [3.63, 3.8) is 0 Å². The highest BCUT2D eigenvalue weighted by molar-refractivity contribution is 14.0. The molecule has 1 aromatic carbocycles. The third-order valence-corrected chi connectivity index (χ3v) is 5.76. The summed E-state index contributed by atoms with van der Waals surface area (Å²) >= 11 is 0. The molecule has 0 saturated carbocycles. The fraction of sp³-hybridized carbons (Fsp3) is 0.400. The Kier molecular flexibility index (Phi) is 9.44. The number of sulfonamides is 1. The molecule has 1 unspecified atom stereocenters. The molecule has 3 rings (SSSR count). The molecule has 4 N–H and O–H groups in total. The first-order valence-corrected chi connectivity index (χ1v) is 11.4. The van der Waals surface area contributed by atoms with Crippen molar-refractivity contribution in [2.24, 2.45) is 10.1 Å². The molecule has 2 heterocycles. The highest BCUT2D eigenvalue weighted by Crippen LogP contribution is 2.20. The van der Waals surface area contributed by atoms with Gasteiger partial charge in [0, 0.05) is 38.4 Å². The summed E-state index contributed by atoms with van der Waals surface area (Å²) in [4.78, 5) is 10.8. The summed E-state index contributed by atoms with van der Waals surface area (Å²) in [7, 11) is -3.68. The summed E-state index contributed by atoms with van der Waals surface area (Å²) in [6.07, 6.45) is 3.12. The molecular weight excluding hydrogens is 534 g/mol. The normalized spacial score (nSPS) is 16.7. The Bertz CT molecular complexity index is 987. The second-order valence-corrected chi connectivity index (χ2v) is 8.65. The van der Waals surface area contributed by atoms with Crippen molar-refractivity contribution < 1.29 is 12.8 Å². The zero-order valence-electron chi connectivity index (χ0n) is 17.3. The molecule has 2 aromatic rings. The lowest BCUT2D eigenvalue weighted by Gasteiger charge is -2.20. The third kappa shape index (κ3) is 7.28. The van der Waals surface area contributed by atoms with Crippen LogP contribution >= 0.6 is 24.0 Å². The van der Waals surface area contributed by atoms with E-state index >= 15 is 0 Å². The topological polar surface area (TPSA) is 113 Å². The van der Waals surface area contributed by atoms with Crippen LogP contribution in [0.5, 0.6) is 0 Å². The molecule has 1 atom stereocenters. The lowest BCUT2D eigenvalue weighted by molar-refractivity contribution is 0.597. The van der Waals surface area contributed by atoms with Gasteiger partial charge in [-0.3, -0.25) is 4.99 Å². The van der Waals surface area contributed by atoms with Crippen LogP contribution in [0.2, 0.25) is 0 Å². The molecule has 11 heteroatoms. The van der Waals surface area contributed by atoms with Crippen LogP contribution in [0.25, 0.3) is 0 Å². The number of aliphatic imine (C=N–C) groups is 1. The summed E-state index contributed by atoms with van der Waals surface area (Å²) in [5.74, 6) is 0.769. The number of hydrogen-bond donors (Lipinski definition) is 3. The number of hydrogen-bond acceptors (Lipinski definition) is 5. The first-order valence-electron chi connectivity index (χ1n) is 9.89. The number of primary sulfonamides is 1. The number of rotatable bonds is 7. The molecule has 0 aliphatic carbocycles. The molecule has 1 aromatic heterocycles. The number of nitrogens with two attached hydrogens (primary N) is 1. The Balaban J connectivity index is 0.00000341. The van der Waals surface area contributed by atoms with Gasteiger partial charge in [-0.25, -0.2) is 22.9 Å². The minimum Gasteiger partial charge on any atom is -0.357 e. The third-order valence-electron chi connectivity index (χ3n) is 4.83.